The largest absolute Gasteiger partial charge is 0.508 e. The van der Waals surface area contributed by atoms with E-state index >= 15 is 0 Å². The number of allylic oxidation sites excluding steroid dienone is 2. The smallest absolute Gasteiger partial charge is 0.330 e. The predicted octanol–water partition coefficient (Wildman–Crippen LogP) is 5.42. The van der Waals surface area contributed by atoms with Crippen molar-refractivity contribution in [2.75, 3.05) is 6.61 Å². The predicted molar refractivity (Wildman–Crippen MR) is 135 cm³/mol. The summed E-state index contributed by atoms with van der Waals surface area (Å²) in [6.45, 7) is 14.3. The van der Waals surface area contributed by atoms with Crippen molar-refractivity contribution >= 4 is 12.0 Å². The van der Waals surface area contributed by atoms with Crippen LogP contribution in [0.25, 0.3) is 6.08 Å². The summed E-state index contributed by atoms with van der Waals surface area (Å²) < 4.78 is 5.72. The number of aliphatic hydroxyl groups excluding tert-OH is 1. The van der Waals surface area contributed by atoms with Gasteiger partial charge in [0.25, 0.3) is 0 Å². The van der Waals surface area contributed by atoms with Crippen LogP contribution in [0.3, 0.4) is 0 Å². The maximum Gasteiger partial charge on any atom is 0.330 e. The number of hydrogen-bond donors (Lipinski definition) is 3. The summed E-state index contributed by atoms with van der Waals surface area (Å²) in [7, 11) is 0. The third-order valence-electron chi connectivity index (χ3n) is 8.63. The second kappa shape index (κ2) is 10.1. The lowest BCUT2D eigenvalue weighted by atomic mass is 9.44. The topological polar surface area (TPSA) is 87.0 Å². The molecule has 2 aliphatic rings. The second-order valence-corrected chi connectivity index (χ2v) is 11.0. The van der Waals surface area contributed by atoms with Gasteiger partial charge >= 0.3 is 5.97 Å². The molecular formula is C29H40O5. The quantitative estimate of drug-likeness (QED) is 0.270. The average Bonchev–Trinajstić information content (AvgIpc) is 2.79. The molecule has 0 saturated heterocycles. The van der Waals surface area contributed by atoms with Crippen LogP contribution in [0.2, 0.25) is 0 Å². The molecule has 34 heavy (non-hydrogen) atoms. The van der Waals surface area contributed by atoms with Gasteiger partial charge in [-0.3, -0.25) is 0 Å². The lowest BCUT2D eigenvalue weighted by molar-refractivity contribution is -0.228. The third kappa shape index (κ3) is 5.31. The summed E-state index contributed by atoms with van der Waals surface area (Å²) in [5.41, 5.74) is 0.0666. The lowest BCUT2D eigenvalue weighted by Crippen LogP contribution is -2.64. The molecule has 0 aliphatic heterocycles. The molecule has 5 nitrogen and oxygen atoms in total. The molecule has 0 bridgehead atoms. The summed E-state index contributed by atoms with van der Waals surface area (Å²) in [6.07, 6.45) is 8.79. The molecule has 1 aromatic rings. The first-order valence-electron chi connectivity index (χ1n) is 12.3. The molecule has 3 rings (SSSR count). The average molecular weight is 469 g/mol. The molecule has 0 amide bonds. The zero-order valence-electron chi connectivity index (χ0n) is 20.8. The maximum atomic E-state index is 12.5. The molecule has 0 spiro atoms. The van der Waals surface area contributed by atoms with Crippen LogP contribution in [-0.2, 0) is 9.53 Å². The van der Waals surface area contributed by atoms with Crippen molar-refractivity contribution in [3.05, 3.63) is 60.7 Å². The van der Waals surface area contributed by atoms with E-state index in [1.807, 2.05) is 0 Å². The summed E-state index contributed by atoms with van der Waals surface area (Å²) >= 11 is 0. The minimum atomic E-state index is -1.19. The summed E-state index contributed by atoms with van der Waals surface area (Å²) in [5.74, 6) is -0.229. The van der Waals surface area contributed by atoms with Gasteiger partial charge in [0.2, 0.25) is 0 Å². The Morgan fingerprint density at radius 3 is 2.53 bits per heavy atom. The highest BCUT2D eigenvalue weighted by Gasteiger charge is 2.62. The Labute approximate surface area is 203 Å². The molecule has 0 unspecified atom stereocenters. The van der Waals surface area contributed by atoms with Crippen LogP contribution in [0, 0.1) is 22.7 Å². The number of aliphatic hydroxyl groups is 2. The molecule has 2 saturated carbocycles. The van der Waals surface area contributed by atoms with E-state index in [1.165, 1.54) is 6.08 Å². The van der Waals surface area contributed by atoms with Gasteiger partial charge in [0.15, 0.2) is 0 Å². The molecule has 0 aromatic heterocycles. The Balaban J connectivity index is 1.75. The first kappa shape index (κ1) is 26.2. The van der Waals surface area contributed by atoms with Gasteiger partial charge in [0.05, 0.1) is 18.3 Å². The Bertz CT molecular complexity index is 930. The SMILES string of the molecule is C=CC(=C)CC[C@H]1[C@](C)(O)[C@H](O)C[C@H]2[C@@](C)(COC(=O)/C=C\c3ccc(O)cc3)CCC[C@@]21C. The van der Waals surface area contributed by atoms with E-state index in [2.05, 4.69) is 27.0 Å². The normalized spacial score (nSPS) is 35.5. The highest BCUT2D eigenvalue weighted by molar-refractivity contribution is 5.87. The first-order chi connectivity index (χ1) is 15.9. The number of benzene rings is 1. The van der Waals surface area contributed by atoms with Gasteiger partial charge < -0.3 is 20.1 Å². The number of phenolic OH excluding ortho intramolecular Hbond substituents is 1. The van der Waals surface area contributed by atoms with E-state index in [9.17, 15) is 20.1 Å². The van der Waals surface area contributed by atoms with Crippen LogP contribution < -0.4 is 0 Å². The van der Waals surface area contributed by atoms with Gasteiger partial charge in [0.1, 0.15) is 5.75 Å². The van der Waals surface area contributed by atoms with E-state index in [0.717, 1.165) is 43.2 Å². The molecule has 0 radical (unpaired) electrons. The van der Waals surface area contributed by atoms with Crippen LogP contribution in [0.15, 0.2) is 55.1 Å². The lowest BCUT2D eigenvalue weighted by Gasteiger charge is -2.63. The molecule has 5 heteroatoms. The van der Waals surface area contributed by atoms with Crippen molar-refractivity contribution in [2.45, 2.75) is 71.0 Å². The van der Waals surface area contributed by atoms with Crippen molar-refractivity contribution in [1.82, 2.24) is 0 Å². The second-order valence-electron chi connectivity index (χ2n) is 11.0. The zero-order valence-corrected chi connectivity index (χ0v) is 20.8. The van der Waals surface area contributed by atoms with Crippen LogP contribution in [0.4, 0.5) is 0 Å². The molecule has 2 aliphatic carbocycles. The van der Waals surface area contributed by atoms with E-state index < -0.39 is 17.7 Å². The number of esters is 1. The Kier molecular flexibility index (Phi) is 7.79. The number of ether oxygens (including phenoxy) is 1. The number of hydrogen-bond acceptors (Lipinski definition) is 5. The van der Waals surface area contributed by atoms with Gasteiger partial charge in [-0.05, 0) is 80.1 Å². The van der Waals surface area contributed by atoms with Gasteiger partial charge in [0, 0.05) is 11.5 Å². The van der Waals surface area contributed by atoms with Crippen molar-refractivity contribution in [3.63, 3.8) is 0 Å². The van der Waals surface area contributed by atoms with E-state index in [-0.39, 0.29) is 35.0 Å². The Hall–Kier alpha value is -2.37. The highest BCUT2D eigenvalue weighted by atomic mass is 16.5. The minimum absolute atomic E-state index is 0.102. The van der Waals surface area contributed by atoms with Crippen LogP contribution >= 0.6 is 0 Å². The monoisotopic (exact) mass is 468 g/mol. The molecule has 2 fully saturated rings. The fraction of sp³-hybridized carbons (Fsp3) is 0.552. The summed E-state index contributed by atoms with van der Waals surface area (Å²) in [5, 5.41) is 31.7. The van der Waals surface area contributed by atoms with Gasteiger partial charge in [-0.25, -0.2) is 4.79 Å². The molecule has 3 N–H and O–H groups in total. The standard InChI is InChI=1S/C29H40O5/c1-6-20(2)8-14-23-28(4)17-7-16-27(3,24(28)18-25(31)29(23,5)33)19-34-26(32)15-11-21-9-12-22(30)13-10-21/h6,9-13,15,23-25,30-31,33H,1-2,7-8,14,16-19H2,3-5H3/b15-11-/t23-,24+,25-,27-,28-,29+/m1/s1. The first-order valence-corrected chi connectivity index (χ1v) is 12.3. The van der Waals surface area contributed by atoms with Crippen molar-refractivity contribution in [1.29, 1.82) is 0 Å². The molecule has 0 heterocycles. The number of phenols is 1. The summed E-state index contributed by atoms with van der Waals surface area (Å²) in [6, 6.07) is 6.59. The summed E-state index contributed by atoms with van der Waals surface area (Å²) in [4.78, 5) is 12.5. The fourth-order valence-corrected chi connectivity index (χ4v) is 6.61. The minimum Gasteiger partial charge on any atom is -0.508 e. The molecular weight excluding hydrogens is 428 g/mol. The number of fused-ring (bicyclic) bond motifs is 1. The van der Waals surface area contributed by atoms with Gasteiger partial charge in [-0.1, -0.05) is 57.2 Å². The molecule has 6 atom stereocenters. The number of carbonyl (C=O) groups excluding carboxylic acids is 1. The third-order valence-corrected chi connectivity index (χ3v) is 8.63. The molecule has 186 valence electrons. The molecule has 1 aromatic carbocycles. The number of carbonyl (C=O) groups is 1. The zero-order chi connectivity index (χ0) is 25.1. The van der Waals surface area contributed by atoms with Crippen molar-refractivity contribution in [2.24, 2.45) is 22.7 Å². The maximum absolute atomic E-state index is 12.5. The van der Waals surface area contributed by atoms with Crippen LogP contribution in [-0.4, -0.2) is 39.6 Å². The Morgan fingerprint density at radius 1 is 1.21 bits per heavy atom. The van der Waals surface area contributed by atoms with Gasteiger partial charge in [-0.2, -0.15) is 0 Å². The van der Waals surface area contributed by atoms with Crippen molar-refractivity contribution < 1.29 is 24.9 Å². The van der Waals surface area contributed by atoms with E-state index in [0.29, 0.717) is 6.42 Å². The van der Waals surface area contributed by atoms with Crippen molar-refractivity contribution in [3.8, 4) is 5.75 Å². The van der Waals surface area contributed by atoms with E-state index in [1.54, 1.807) is 43.3 Å². The van der Waals surface area contributed by atoms with Gasteiger partial charge in [-0.15, -0.1) is 0 Å². The number of aromatic hydroxyl groups is 1. The Morgan fingerprint density at radius 2 is 1.88 bits per heavy atom. The number of rotatable bonds is 8. The highest BCUT2D eigenvalue weighted by Crippen LogP contribution is 2.63. The van der Waals surface area contributed by atoms with E-state index in [4.69, 9.17) is 4.74 Å². The fourth-order valence-electron chi connectivity index (χ4n) is 6.61. The van der Waals surface area contributed by atoms with Crippen LogP contribution in [0.1, 0.15) is 64.9 Å². The van der Waals surface area contributed by atoms with Crippen LogP contribution in [0.5, 0.6) is 5.75 Å².